The molecule has 0 aromatic carbocycles. The van der Waals surface area contributed by atoms with E-state index in [0.29, 0.717) is 5.92 Å². The first-order chi connectivity index (χ1) is 6.10. The molecule has 0 aliphatic rings. The molecule has 0 fully saturated rings. The second-order valence-electron chi connectivity index (χ2n) is 3.52. The van der Waals surface area contributed by atoms with Gasteiger partial charge in [-0.05, 0) is 19.8 Å². The summed E-state index contributed by atoms with van der Waals surface area (Å²) in [6, 6.07) is 0. The number of carbonyl (C=O) groups excluding carboxylic acids is 1. The quantitative estimate of drug-likeness (QED) is 0.718. The zero-order valence-corrected chi connectivity index (χ0v) is 9.09. The second-order valence-corrected chi connectivity index (χ2v) is 3.52. The van der Waals surface area contributed by atoms with Crippen molar-refractivity contribution < 1.29 is 9.53 Å². The van der Waals surface area contributed by atoms with Crippen LogP contribution in [0.2, 0.25) is 0 Å². The van der Waals surface area contributed by atoms with E-state index in [4.69, 9.17) is 4.74 Å². The van der Waals surface area contributed by atoms with E-state index in [2.05, 4.69) is 19.2 Å². The third-order valence-corrected chi connectivity index (χ3v) is 2.03. The van der Waals surface area contributed by atoms with Crippen LogP contribution in [0.4, 0.5) is 4.79 Å². The highest BCUT2D eigenvalue weighted by molar-refractivity contribution is 5.67. The molecule has 1 amide bonds. The number of ether oxygens (including phenoxy) is 1. The van der Waals surface area contributed by atoms with Crippen molar-refractivity contribution in [2.75, 3.05) is 6.54 Å². The maximum absolute atomic E-state index is 11.1. The van der Waals surface area contributed by atoms with E-state index >= 15 is 0 Å². The van der Waals surface area contributed by atoms with Crippen LogP contribution in [0.15, 0.2) is 0 Å². The summed E-state index contributed by atoms with van der Waals surface area (Å²) in [5.74, 6) is 0.569. The van der Waals surface area contributed by atoms with Crippen molar-refractivity contribution in [2.45, 2.75) is 46.6 Å². The van der Waals surface area contributed by atoms with Crippen LogP contribution in [0.25, 0.3) is 0 Å². The Labute approximate surface area is 80.8 Å². The molecule has 0 unspecified atom stereocenters. The Morgan fingerprint density at radius 2 is 1.85 bits per heavy atom. The number of alkyl carbamates (subject to hydrolysis) is 1. The predicted octanol–water partition coefficient (Wildman–Crippen LogP) is 2.56. The van der Waals surface area contributed by atoms with Gasteiger partial charge in [0.15, 0.2) is 0 Å². The van der Waals surface area contributed by atoms with Gasteiger partial charge in [-0.3, -0.25) is 0 Å². The van der Waals surface area contributed by atoms with Crippen LogP contribution in [0.3, 0.4) is 0 Å². The summed E-state index contributed by atoms with van der Waals surface area (Å²) in [7, 11) is 0. The number of hydrogen-bond acceptors (Lipinski definition) is 2. The first kappa shape index (κ1) is 12.3. The normalized spacial score (nSPS) is 10.6. The molecule has 1 N–H and O–H groups in total. The first-order valence-corrected chi connectivity index (χ1v) is 5.04. The van der Waals surface area contributed by atoms with Crippen LogP contribution >= 0.6 is 0 Å². The average molecular weight is 187 g/mol. The Hall–Kier alpha value is -0.730. The van der Waals surface area contributed by atoms with Crippen LogP contribution in [0, 0.1) is 5.92 Å². The molecule has 0 aromatic rings. The van der Waals surface area contributed by atoms with Gasteiger partial charge < -0.3 is 10.1 Å². The van der Waals surface area contributed by atoms with Crippen molar-refractivity contribution in [3.8, 4) is 0 Å². The lowest BCUT2D eigenvalue weighted by Gasteiger charge is -2.14. The Bertz CT molecular complexity index is 142. The maximum atomic E-state index is 11.1. The highest BCUT2D eigenvalue weighted by Gasteiger charge is 2.07. The lowest BCUT2D eigenvalue weighted by atomic mass is 10.0. The van der Waals surface area contributed by atoms with E-state index in [1.165, 1.54) is 0 Å². The lowest BCUT2D eigenvalue weighted by Crippen LogP contribution is -2.31. The maximum Gasteiger partial charge on any atom is 0.407 e. The zero-order chi connectivity index (χ0) is 10.3. The van der Waals surface area contributed by atoms with Crippen molar-refractivity contribution in [3.05, 3.63) is 0 Å². The minimum Gasteiger partial charge on any atom is -0.447 e. The molecule has 78 valence electrons. The van der Waals surface area contributed by atoms with E-state index in [-0.39, 0.29) is 12.2 Å². The lowest BCUT2D eigenvalue weighted by molar-refractivity contribution is 0.114. The van der Waals surface area contributed by atoms with Gasteiger partial charge in [-0.25, -0.2) is 4.79 Å². The zero-order valence-electron chi connectivity index (χ0n) is 9.09. The number of carbonyl (C=O) groups is 1. The molecule has 3 heteroatoms. The minimum absolute atomic E-state index is 0.0401. The summed E-state index contributed by atoms with van der Waals surface area (Å²) in [4.78, 5) is 11.1. The molecule has 3 nitrogen and oxygen atoms in total. The summed E-state index contributed by atoms with van der Waals surface area (Å²) in [6.45, 7) is 8.67. The second kappa shape index (κ2) is 6.75. The molecule has 0 radical (unpaired) electrons. The monoisotopic (exact) mass is 187 g/mol. The van der Waals surface area contributed by atoms with Crippen LogP contribution in [-0.2, 0) is 4.74 Å². The van der Waals surface area contributed by atoms with Crippen molar-refractivity contribution in [1.82, 2.24) is 5.32 Å². The standard InChI is InChI=1S/C10H21NO2/c1-5-9(6-2)7-11-10(12)13-8(3)4/h8-9H,5-7H2,1-4H3,(H,11,12). The fraction of sp³-hybridized carbons (Fsp3) is 0.900. The van der Waals surface area contributed by atoms with Gasteiger partial charge in [0.2, 0.25) is 0 Å². The highest BCUT2D eigenvalue weighted by Crippen LogP contribution is 2.05. The molecule has 0 rings (SSSR count). The van der Waals surface area contributed by atoms with Gasteiger partial charge in [0.05, 0.1) is 6.10 Å². The first-order valence-electron chi connectivity index (χ1n) is 5.04. The molecule has 0 atom stereocenters. The average Bonchev–Trinajstić information content (AvgIpc) is 2.05. The van der Waals surface area contributed by atoms with E-state index in [9.17, 15) is 4.79 Å². The molecule has 0 aromatic heterocycles. The van der Waals surface area contributed by atoms with E-state index in [0.717, 1.165) is 19.4 Å². The number of hydrogen-bond donors (Lipinski definition) is 1. The van der Waals surface area contributed by atoms with Crippen LogP contribution in [0.5, 0.6) is 0 Å². The van der Waals surface area contributed by atoms with Crippen molar-refractivity contribution in [2.24, 2.45) is 5.92 Å². The molecular weight excluding hydrogens is 166 g/mol. The highest BCUT2D eigenvalue weighted by atomic mass is 16.6. The molecule has 0 aliphatic heterocycles. The summed E-state index contributed by atoms with van der Waals surface area (Å²) in [6.07, 6.45) is 1.85. The van der Waals surface area contributed by atoms with Gasteiger partial charge in [0.1, 0.15) is 0 Å². The van der Waals surface area contributed by atoms with Crippen LogP contribution in [-0.4, -0.2) is 18.7 Å². The van der Waals surface area contributed by atoms with Crippen molar-refractivity contribution in [1.29, 1.82) is 0 Å². The fourth-order valence-electron chi connectivity index (χ4n) is 1.06. The Morgan fingerprint density at radius 3 is 2.23 bits per heavy atom. The predicted molar refractivity (Wildman–Crippen MR) is 53.7 cm³/mol. The van der Waals surface area contributed by atoms with Crippen molar-refractivity contribution >= 4 is 6.09 Å². The molecular formula is C10H21NO2. The van der Waals surface area contributed by atoms with Crippen LogP contribution < -0.4 is 5.32 Å². The van der Waals surface area contributed by atoms with E-state index in [1.807, 2.05) is 13.8 Å². The van der Waals surface area contributed by atoms with Gasteiger partial charge in [-0.1, -0.05) is 26.7 Å². The van der Waals surface area contributed by atoms with Gasteiger partial charge in [-0.15, -0.1) is 0 Å². The molecule has 0 bridgehead atoms. The fourth-order valence-corrected chi connectivity index (χ4v) is 1.06. The Morgan fingerprint density at radius 1 is 1.31 bits per heavy atom. The third kappa shape index (κ3) is 6.43. The van der Waals surface area contributed by atoms with Crippen molar-refractivity contribution in [3.63, 3.8) is 0 Å². The summed E-state index contributed by atoms with van der Waals surface area (Å²) in [5, 5.41) is 2.75. The third-order valence-electron chi connectivity index (χ3n) is 2.03. The molecule has 0 heterocycles. The van der Waals surface area contributed by atoms with Gasteiger partial charge in [0.25, 0.3) is 0 Å². The Balaban J connectivity index is 3.56. The molecule has 0 spiro atoms. The van der Waals surface area contributed by atoms with Gasteiger partial charge in [0, 0.05) is 6.54 Å². The SMILES string of the molecule is CCC(CC)CNC(=O)OC(C)C. The van der Waals surface area contributed by atoms with E-state index in [1.54, 1.807) is 0 Å². The molecule has 0 saturated heterocycles. The molecule has 0 aliphatic carbocycles. The topological polar surface area (TPSA) is 38.3 Å². The summed E-state index contributed by atoms with van der Waals surface area (Å²) >= 11 is 0. The molecule has 0 saturated carbocycles. The number of nitrogens with one attached hydrogen (secondary N) is 1. The number of rotatable bonds is 5. The summed E-state index contributed by atoms with van der Waals surface area (Å²) in [5.41, 5.74) is 0. The number of amides is 1. The smallest absolute Gasteiger partial charge is 0.407 e. The Kier molecular flexibility index (Phi) is 6.37. The largest absolute Gasteiger partial charge is 0.447 e. The van der Waals surface area contributed by atoms with Gasteiger partial charge in [-0.2, -0.15) is 0 Å². The van der Waals surface area contributed by atoms with Gasteiger partial charge >= 0.3 is 6.09 Å². The molecule has 13 heavy (non-hydrogen) atoms. The van der Waals surface area contributed by atoms with Crippen LogP contribution in [0.1, 0.15) is 40.5 Å². The minimum atomic E-state index is -0.304. The van der Waals surface area contributed by atoms with E-state index < -0.39 is 0 Å². The summed E-state index contributed by atoms with van der Waals surface area (Å²) < 4.78 is 4.94.